The first kappa shape index (κ1) is 22.6. The van der Waals surface area contributed by atoms with Crippen molar-refractivity contribution in [3.05, 3.63) is 71.6 Å². The van der Waals surface area contributed by atoms with E-state index in [1.165, 1.54) is 0 Å². The molecule has 1 N–H and O–H groups in total. The topological polar surface area (TPSA) is 66.0 Å². The molecule has 0 saturated heterocycles. The van der Waals surface area contributed by atoms with Crippen molar-refractivity contribution in [1.82, 2.24) is 0 Å². The Morgan fingerprint density at radius 1 is 1.00 bits per heavy atom. The zero-order valence-electron chi connectivity index (χ0n) is 19.6. The van der Waals surface area contributed by atoms with Gasteiger partial charge in [-0.05, 0) is 63.1 Å². The third-order valence-electron chi connectivity index (χ3n) is 6.20. The number of benzene rings is 3. The SMILES string of the molecule is CCC(C)N=c1ccc2c(-c3ccccc3C(=O)O)c3ccc(N(CC)CC)cc3oc-2c1. The first-order valence-corrected chi connectivity index (χ1v) is 11.6. The van der Waals surface area contributed by atoms with E-state index in [1.807, 2.05) is 42.5 Å². The van der Waals surface area contributed by atoms with Crippen molar-refractivity contribution in [2.75, 3.05) is 18.0 Å². The molecule has 1 heterocycles. The Hall–Kier alpha value is -3.60. The van der Waals surface area contributed by atoms with E-state index in [1.54, 1.807) is 12.1 Å². The first-order valence-electron chi connectivity index (χ1n) is 11.6. The van der Waals surface area contributed by atoms with Crippen LogP contribution in [0.1, 0.15) is 44.5 Å². The fraction of sp³-hybridized carbons (Fsp3) is 0.286. The molecule has 2 aliphatic rings. The second kappa shape index (κ2) is 9.49. The lowest BCUT2D eigenvalue weighted by Crippen LogP contribution is -2.21. The van der Waals surface area contributed by atoms with Crippen molar-refractivity contribution in [2.45, 2.75) is 40.2 Å². The van der Waals surface area contributed by atoms with Gasteiger partial charge >= 0.3 is 5.97 Å². The summed E-state index contributed by atoms with van der Waals surface area (Å²) in [7, 11) is 0. The third-order valence-corrected chi connectivity index (χ3v) is 6.20. The Morgan fingerprint density at radius 3 is 2.45 bits per heavy atom. The molecule has 1 atom stereocenters. The van der Waals surface area contributed by atoms with Gasteiger partial charge in [-0.25, -0.2) is 4.79 Å². The molecule has 170 valence electrons. The molecule has 5 nitrogen and oxygen atoms in total. The first-order chi connectivity index (χ1) is 16.0. The molecule has 33 heavy (non-hydrogen) atoms. The highest BCUT2D eigenvalue weighted by Crippen LogP contribution is 2.42. The van der Waals surface area contributed by atoms with Gasteiger partial charge in [-0.1, -0.05) is 25.1 Å². The molecule has 1 aliphatic carbocycles. The molecular formula is C28H30N2O3. The smallest absolute Gasteiger partial charge is 0.336 e. The van der Waals surface area contributed by atoms with E-state index >= 15 is 0 Å². The molecule has 0 spiro atoms. The van der Waals surface area contributed by atoms with Crippen LogP contribution < -0.4 is 10.3 Å². The molecule has 2 aromatic rings. The van der Waals surface area contributed by atoms with E-state index < -0.39 is 5.97 Å². The van der Waals surface area contributed by atoms with Crippen molar-refractivity contribution in [3.63, 3.8) is 0 Å². The minimum atomic E-state index is -0.948. The fourth-order valence-corrected chi connectivity index (χ4v) is 4.26. The zero-order chi connectivity index (χ0) is 23.5. The van der Waals surface area contributed by atoms with Crippen LogP contribution in [0.4, 0.5) is 5.69 Å². The van der Waals surface area contributed by atoms with Gasteiger partial charge in [-0.3, -0.25) is 4.99 Å². The van der Waals surface area contributed by atoms with Crippen LogP contribution >= 0.6 is 0 Å². The molecule has 1 unspecified atom stereocenters. The zero-order valence-corrected chi connectivity index (χ0v) is 19.6. The highest BCUT2D eigenvalue weighted by atomic mass is 16.4. The lowest BCUT2D eigenvalue weighted by molar-refractivity contribution is 0.0697. The molecule has 0 aromatic heterocycles. The predicted octanol–water partition coefficient (Wildman–Crippen LogP) is 6.45. The van der Waals surface area contributed by atoms with Gasteiger partial charge in [0.25, 0.3) is 0 Å². The number of rotatable bonds is 7. The summed E-state index contributed by atoms with van der Waals surface area (Å²) >= 11 is 0. The summed E-state index contributed by atoms with van der Waals surface area (Å²) in [5, 5.41) is 11.6. The van der Waals surface area contributed by atoms with E-state index in [2.05, 4.69) is 38.7 Å². The van der Waals surface area contributed by atoms with E-state index in [-0.39, 0.29) is 11.6 Å². The highest BCUT2D eigenvalue weighted by molar-refractivity contribution is 6.07. The fourth-order valence-electron chi connectivity index (χ4n) is 4.26. The number of hydrogen-bond donors (Lipinski definition) is 1. The Bertz CT molecular complexity index is 1330. The molecule has 5 heteroatoms. The Morgan fingerprint density at radius 2 is 1.76 bits per heavy atom. The average molecular weight is 443 g/mol. The number of hydrogen-bond acceptors (Lipinski definition) is 4. The van der Waals surface area contributed by atoms with Gasteiger partial charge in [0.1, 0.15) is 11.3 Å². The molecule has 0 fully saturated rings. The van der Waals surface area contributed by atoms with Gasteiger partial charge in [-0.15, -0.1) is 0 Å². The highest BCUT2D eigenvalue weighted by Gasteiger charge is 2.21. The normalized spacial score (nSPS) is 12.9. The quantitative estimate of drug-likeness (QED) is 0.334. The molecule has 0 radical (unpaired) electrons. The number of nitrogens with zero attached hydrogens (tertiary/aromatic N) is 2. The van der Waals surface area contributed by atoms with E-state index in [0.717, 1.165) is 52.7 Å². The number of fused-ring (bicyclic) bond motifs is 2. The van der Waals surface area contributed by atoms with Crippen molar-refractivity contribution in [1.29, 1.82) is 0 Å². The number of carboxylic acid groups (broad SMARTS) is 1. The van der Waals surface area contributed by atoms with Crippen LogP contribution in [-0.4, -0.2) is 30.2 Å². The van der Waals surface area contributed by atoms with Crippen LogP contribution in [0.25, 0.3) is 33.4 Å². The maximum Gasteiger partial charge on any atom is 0.336 e. The van der Waals surface area contributed by atoms with Crippen molar-refractivity contribution < 1.29 is 14.3 Å². The molecule has 4 rings (SSSR count). The van der Waals surface area contributed by atoms with Gasteiger partial charge in [-0.2, -0.15) is 0 Å². The van der Waals surface area contributed by atoms with Crippen molar-refractivity contribution in [2.24, 2.45) is 4.99 Å². The molecule has 0 saturated carbocycles. The summed E-state index contributed by atoms with van der Waals surface area (Å²) in [6.07, 6.45) is 0.956. The van der Waals surface area contributed by atoms with Gasteiger partial charge < -0.3 is 14.4 Å². The predicted molar refractivity (Wildman–Crippen MR) is 134 cm³/mol. The van der Waals surface area contributed by atoms with Gasteiger partial charge in [0, 0.05) is 53.5 Å². The second-order valence-corrected chi connectivity index (χ2v) is 8.25. The summed E-state index contributed by atoms with van der Waals surface area (Å²) in [6, 6.07) is 19.5. The summed E-state index contributed by atoms with van der Waals surface area (Å²) in [5.74, 6) is -0.255. The van der Waals surface area contributed by atoms with Crippen LogP contribution in [0.15, 0.2) is 70.1 Å². The standard InChI is InChI=1S/C28H30N2O3/c1-5-18(4)29-19-12-14-23-25(16-19)33-26-17-20(30(6-2)7-3)13-15-24(26)27(23)21-10-8-9-11-22(21)28(31)32/h8-18H,5-7H2,1-4H3,(H,31,32). The Balaban J connectivity index is 2.09. The van der Waals surface area contributed by atoms with Crippen molar-refractivity contribution >= 4 is 22.6 Å². The number of anilines is 1. The largest absolute Gasteiger partial charge is 0.478 e. The van der Waals surface area contributed by atoms with Crippen molar-refractivity contribution in [3.8, 4) is 22.5 Å². The maximum atomic E-state index is 12.1. The number of aromatic carboxylic acids is 1. The maximum absolute atomic E-state index is 12.1. The summed E-state index contributed by atoms with van der Waals surface area (Å²) in [5.41, 5.74) is 4.49. The van der Waals surface area contributed by atoms with Crippen LogP contribution in [-0.2, 0) is 0 Å². The Labute approximate surface area is 194 Å². The minimum absolute atomic E-state index is 0.212. The number of carboxylic acids is 1. The van der Waals surface area contributed by atoms with Crippen LogP contribution in [0, 0.1) is 0 Å². The molecule has 2 aromatic carbocycles. The third kappa shape index (κ3) is 4.36. The van der Waals surface area contributed by atoms with Gasteiger partial charge in [0.05, 0.1) is 10.9 Å². The van der Waals surface area contributed by atoms with Crippen LogP contribution in [0.5, 0.6) is 0 Å². The molecular weight excluding hydrogens is 412 g/mol. The van der Waals surface area contributed by atoms with E-state index in [9.17, 15) is 9.90 Å². The van der Waals surface area contributed by atoms with E-state index in [0.29, 0.717) is 11.3 Å². The molecule has 0 bridgehead atoms. The van der Waals surface area contributed by atoms with Crippen LogP contribution in [0.2, 0.25) is 0 Å². The monoisotopic (exact) mass is 442 g/mol. The second-order valence-electron chi connectivity index (χ2n) is 8.25. The minimum Gasteiger partial charge on any atom is -0.478 e. The summed E-state index contributed by atoms with van der Waals surface area (Å²) in [6.45, 7) is 10.2. The number of carbonyl (C=O) groups is 1. The Kier molecular flexibility index (Phi) is 6.50. The lowest BCUT2D eigenvalue weighted by atomic mass is 9.90. The summed E-state index contributed by atoms with van der Waals surface area (Å²) in [4.78, 5) is 19.1. The summed E-state index contributed by atoms with van der Waals surface area (Å²) < 4.78 is 6.41. The van der Waals surface area contributed by atoms with Gasteiger partial charge in [0.15, 0.2) is 0 Å². The molecule has 0 amide bonds. The lowest BCUT2D eigenvalue weighted by Gasteiger charge is -2.22. The van der Waals surface area contributed by atoms with E-state index in [4.69, 9.17) is 9.41 Å². The van der Waals surface area contributed by atoms with Crippen LogP contribution in [0.3, 0.4) is 0 Å². The molecule has 1 aliphatic heterocycles. The van der Waals surface area contributed by atoms with Gasteiger partial charge in [0.2, 0.25) is 0 Å². The average Bonchev–Trinajstić information content (AvgIpc) is 2.83.